The molecule has 160 valence electrons. The topological polar surface area (TPSA) is 108 Å². The number of nitrogens with zero attached hydrogens (tertiary/aromatic N) is 3. The lowest BCUT2D eigenvalue weighted by atomic mass is 9.93. The Morgan fingerprint density at radius 3 is 2.93 bits per heavy atom. The first kappa shape index (κ1) is 21.9. The average Bonchev–Trinajstić information content (AvgIpc) is 3.02. The fourth-order valence-electron chi connectivity index (χ4n) is 3.94. The van der Waals surface area contributed by atoms with E-state index in [2.05, 4.69) is 22.4 Å². The Bertz CT molecular complexity index is 830. The molecule has 0 aliphatic carbocycles. The maximum Gasteiger partial charge on any atom is 0.255 e. The van der Waals surface area contributed by atoms with Crippen LogP contribution in [0.25, 0.3) is 0 Å². The fraction of sp³-hybridized carbons (Fsp3) is 0.591. The van der Waals surface area contributed by atoms with E-state index in [-0.39, 0.29) is 17.9 Å². The number of nitrogens with one attached hydrogen (secondary N) is 1. The molecule has 0 aromatic heterocycles. The fourth-order valence-corrected chi connectivity index (χ4v) is 3.94. The summed E-state index contributed by atoms with van der Waals surface area (Å²) in [5.74, 6) is 0.762. The molecule has 8 heteroatoms. The van der Waals surface area contributed by atoms with Crippen molar-refractivity contribution in [3.63, 3.8) is 0 Å². The van der Waals surface area contributed by atoms with Gasteiger partial charge in [0.15, 0.2) is 11.5 Å². The summed E-state index contributed by atoms with van der Waals surface area (Å²) in [6.07, 6.45) is 3.06. The molecule has 2 heterocycles. The van der Waals surface area contributed by atoms with Crippen LogP contribution < -0.4 is 14.8 Å². The summed E-state index contributed by atoms with van der Waals surface area (Å²) in [4.78, 5) is 15.2. The molecule has 0 saturated carbocycles. The second-order valence-corrected chi connectivity index (χ2v) is 7.61. The van der Waals surface area contributed by atoms with Gasteiger partial charge in [0.05, 0.1) is 42.6 Å². The number of ether oxygens (including phenoxy) is 3. The van der Waals surface area contributed by atoms with Crippen molar-refractivity contribution >= 4 is 5.91 Å². The van der Waals surface area contributed by atoms with E-state index in [0.717, 1.165) is 38.9 Å². The third-order valence-corrected chi connectivity index (χ3v) is 5.59. The van der Waals surface area contributed by atoms with Crippen molar-refractivity contribution < 1.29 is 19.0 Å². The lowest BCUT2D eigenvalue weighted by Gasteiger charge is -2.37. The Kier molecular flexibility index (Phi) is 7.89. The van der Waals surface area contributed by atoms with Gasteiger partial charge in [-0.25, -0.2) is 0 Å². The number of nitriles is 2. The van der Waals surface area contributed by atoms with E-state index in [1.54, 1.807) is 19.2 Å². The summed E-state index contributed by atoms with van der Waals surface area (Å²) in [7, 11) is 1.69. The normalized spacial score (nSPS) is 21.2. The van der Waals surface area contributed by atoms with Gasteiger partial charge in [-0.3, -0.25) is 4.79 Å². The van der Waals surface area contributed by atoms with Crippen LogP contribution in [-0.2, 0) is 4.74 Å². The molecule has 8 nitrogen and oxygen atoms in total. The molecule has 0 radical (unpaired) electrons. The minimum Gasteiger partial charge on any atom is -0.489 e. The van der Waals surface area contributed by atoms with Crippen LogP contribution in [-0.4, -0.2) is 63.4 Å². The Morgan fingerprint density at radius 2 is 2.17 bits per heavy atom. The highest BCUT2D eigenvalue weighted by molar-refractivity contribution is 5.98. The number of hydrogen-bond donors (Lipinski definition) is 1. The van der Waals surface area contributed by atoms with E-state index in [0.29, 0.717) is 48.8 Å². The van der Waals surface area contributed by atoms with Crippen LogP contribution in [0.4, 0.5) is 0 Å². The number of likely N-dealkylation sites (tertiary alicyclic amines) is 1. The van der Waals surface area contributed by atoms with Crippen LogP contribution in [0.5, 0.6) is 11.5 Å². The molecule has 1 fully saturated rings. The minimum absolute atomic E-state index is 0.0169. The molecule has 1 amide bonds. The number of amides is 1. The second-order valence-electron chi connectivity index (χ2n) is 7.61. The van der Waals surface area contributed by atoms with Gasteiger partial charge in [0.25, 0.3) is 5.91 Å². The highest BCUT2D eigenvalue weighted by Crippen LogP contribution is 2.35. The third kappa shape index (κ3) is 5.41. The van der Waals surface area contributed by atoms with Gasteiger partial charge in [-0.15, -0.1) is 0 Å². The van der Waals surface area contributed by atoms with Gasteiger partial charge in [-0.1, -0.05) is 0 Å². The SMILES string of the molecule is COC1CN(CCCC#N)CC[C@H]1CNC(=O)c1cc(C#N)cc2c1OCCCO2. The summed E-state index contributed by atoms with van der Waals surface area (Å²) < 4.78 is 17.1. The highest BCUT2D eigenvalue weighted by Gasteiger charge is 2.30. The highest BCUT2D eigenvalue weighted by atomic mass is 16.5. The van der Waals surface area contributed by atoms with E-state index >= 15 is 0 Å². The molecule has 0 spiro atoms. The van der Waals surface area contributed by atoms with Crippen molar-refractivity contribution in [2.45, 2.75) is 31.8 Å². The number of benzene rings is 1. The predicted octanol–water partition coefficient (Wildman–Crippen LogP) is 2.09. The van der Waals surface area contributed by atoms with Gasteiger partial charge in [-0.2, -0.15) is 10.5 Å². The molecule has 3 rings (SSSR count). The first-order chi connectivity index (χ1) is 14.7. The van der Waals surface area contributed by atoms with Gasteiger partial charge < -0.3 is 24.4 Å². The number of hydrogen-bond acceptors (Lipinski definition) is 7. The molecule has 2 atom stereocenters. The molecule has 2 aliphatic heterocycles. The number of methoxy groups -OCH3 is 1. The van der Waals surface area contributed by atoms with Crippen molar-refractivity contribution in [2.75, 3.05) is 46.5 Å². The molecule has 1 aromatic rings. The number of fused-ring (bicyclic) bond motifs is 1. The molecule has 1 unspecified atom stereocenters. The van der Waals surface area contributed by atoms with Gasteiger partial charge >= 0.3 is 0 Å². The number of piperidine rings is 1. The van der Waals surface area contributed by atoms with E-state index in [4.69, 9.17) is 19.5 Å². The van der Waals surface area contributed by atoms with E-state index in [1.165, 1.54) is 0 Å². The average molecular weight is 412 g/mol. The van der Waals surface area contributed by atoms with Crippen molar-refractivity contribution in [2.24, 2.45) is 5.92 Å². The summed E-state index contributed by atoms with van der Waals surface area (Å²) in [5.41, 5.74) is 0.693. The van der Waals surface area contributed by atoms with Crippen LogP contribution in [0, 0.1) is 28.6 Å². The van der Waals surface area contributed by atoms with Crippen molar-refractivity contribution in [3.8, 4) is 23.6 Å². The number of unbranched alkanes of at least 4 members (excludes halogenated alkanes) is 1. The maximum atomic E-state index is 12.9. The first-order valence-corrected chi connectivity index (χ1v) is 10.4. The number of carbonyl (C=O) groups excluding carboxylic acids is 1. The molecule has 2 aliphatic rings. The Balaban J connectivity index is 1.63. The van der Waals surface area contributed by atoms with Crippen molar-refractivity contribution in [1.29, 1.82) is 10.5 Å². The quantitative estimate of drug-likeness (QED) is 0.683. The predicted molar refractivity (Wildman–Crippen MR) is 109 cm³/mol. The molecule has 1 aromatic carbocycles. The van der Waals surface area contributed by atoms with Gasteiger partial charge in [0.1, 0.15) is 0 Å². The van der Waals surface area contributed by atoms with Crippen molar-refractivity contribution in [3.05, 3.63) is 23.3 Å². The van der Waals surface area contributed by atoms with Crippen LogP contribution in [0.2, 0.25) is 0 Å². The third-order valence-electron chi connectivity index (χ3n) is 5.59. The van der Waals surface area contributed by atoms with Crippen LogP contribution in [0.1, 0.15) is 41.6 Å². The van der Waals surface area contributed by atoms with Crippen LogP contribution in [0.15, 0.2) is 12.1 Å². The molecule has 0 bridgehead atoms. The standard InChI is InChI=1S/C22H28N4O4/c1-28-20-15-26(7-3-2-6-23)8-5-17(20)14-25-22(27)18-11-16(13-24)12-19-21(18)30-10-4-9-29-19/h11-12,17,20H,2-5,7-10,14-15H2,1H3,(H,25,27)/t17-,20?/m0/s1. The molecule has 30 heavy (non-hydrogen) atoms. The summed E-state index contributed by atoms with van der Waals surface area (Å²) >= 11 is 0. The largest absolute Gasteiger partial charge is 0.489 e. The van der Waals surface area contributed by atoms with Crippen LogP contribution in [0.3, 0.4) is 0 Å². The van der Waals surface area contributed by atoms with Crippen LogP contribution >= 0.6 is 0 Å². The lowest BCUT2D eigenvalue weighted by Crippen LogP contribution is -2.48. The number of rotatable bonds is 7. The van der Waals surface area contributed by atoms with E-state index < -0.39 is 0 Å². The summed E-state index contributed by atoms with van der Waals surface area (Å²) in [5, 5.41) is 21.0. The van der Waals surface area contributed by atoms with Crippen molar-refractivity contribution in [1.82, 2.24) is 10.2 Å². The Labute approximate surface area is 177 Å². The Morgan fingerprint density at radius 1 is 1.33 bits per heavy atom. The monoisotopic (exact) mass is 412 g/mol. The van der Waals surface area contributed by atoms with Gasteiger partial charge in [0, 0.05) is 45.0 Å². The van der Waals surface area contributed by atoms with Gasteiger partial charge in [-0.05, 0) is 32.0 Å². The zero-order chi connectivity index (χ0) is 21.3. The van der Waals surface area contributed by atoms with E-state index in [9.17, 15) is 10.1 Å². The zero-order valence-electron chi connectivity index (χ0n) is 17.4. The minimum atomic E-state index is -0.278. The lowest BCUT2D eigenvalue weighted by molar-refractivity contribution is -0.0105. The maximum absolute atomic E-state index is 12.9. The smallest absolute Gasteiger partial charge is 0.255 e. The molecule has 1 N–H and O–H groups in total. The second kappa shape index (κ2) is 10.8. The van der Waals surface area contributed by atoms with Gasteiger partial charge in [0.2, 0.25) is 0 Å². The summed E-state index contributed by atoms with van der Waals surface area (Å²) in [6, 6.07) is 7.42. The Hall–Kier alpha value is -2.81. The summed E-state index contributed by atoms with van der Waals surface area (Å²) in [6.45, 7) is 4.04. The molecule has 1 saturated heterocycles. The molecular weight excluding hydrogens is 384 g/mol. The molecular formula is C22H28N4O4. The number of carbonyl (C=O) groups is 1. The first-order valence-electron chi connectivity index (χ1n) is 10.4. The zero-order valence-corrected chi connectivity index (χ0v) is 17.4. The van der Waals surface area contributed by atoms with E-state index in [1.807, 2.05) is 0 Å².